The van der Waals surface area contributed by atoms with Crippen LogP contribution in [0, 0.1) is 47.3 Å². The van der Waals surface area contributed by atoms with E-state index >= 15 is 0 Å². The average Bonchev–Trinajstić information content (AvgIpc) is 3.28. The molecule has 17 unspecified atom stereocenters. The number of esters is 1. The van der Waals surface area contributed by atoms with Crippen molar-refractivity contribution >= 4 is 11.9 Å². The lowest BCUT2D eigenvalue weighted by Crippen LogP contribution is -2.94. The van der Waals surface area contributed by atoms with Gasteiger partial charge >= 0.3 is 11.9 Å². The van der Waals surface area contributed by atoms with Crippen LogP contribution in [-0.2, 0) is 23.7 Å². The second kappa shape index (κ2) is 22.0. The number of rotatable bonds is 11. The summed E-state index contributed by atoms with van der Waals surface area (Å²) < 4.78 is 26.5. The van der Waals surface area contributed by atoms with Crippen LogP contribution < -0.4 is 32.0 Å². The highest BCUT2D eigenvalue weighted by molar-refractivity contribution is 5.75. The number of fused-ring (bicyclic) bond motifs is 4. The third-order valence-corrected chi connectivity index (χ3v) is 16.4. The fourth-order valence-electron chi connectivity index (χ4n) is 13.0. The zero-order valence-corrected chi connectivity index (χ0v) is 37.7. The van der Waals surface area contributed by atoms with E-state index < -0.39 is 24.4 Å². The molecule has 8 aliphatic rings. The number of guanidine groups is 1. The smallest absolute Gasteiger partial charge is 0.343 e. The van der Waals surface area contributed by atoms with Crippen molar-refractivity contribution in [2.75, 3.05) is 39.3 Å². The minimum atomic E-state index is -0.940. The van der Waals surface area contributed by atoms with Gasteiger partial charge < -0.3 is 44.9 Å². The topological polar surface area (TPSA) is 207 Å². The van der Waals surface area contributed by atoms with Gasteiger partial charge in [0.25, 0.3) is 0 Å². The summed E-state index contributed by atoms with van der Waals surface area (Å²) in [5, 5.41) is 47.1. The predicted molar refractivity (Wildman–Crippen MR) is 234 cm³/mol. The van der Waals surface area contributed by atoms with Gasteiger partial charge in [-0.3, -0.25) is 26.2 Å². The second-order valence-electron chi connectivity index (χ2n) is 20.9. The summed E-state index contributed by atoms with van der Waals surface area (Å²) >= 11 is 0. The number of carbonyl (C=O) groups is 1. The Balaban J connectivity index is 0.968. The standard InChI is InChI=1S/C48H80N6O8/c1-30(55)60-36-27-41(62-42(28-36)35-25-39(57)46(58)44(26-35)59-21-14-32-7-4-17-50-29-32)34-8-2-9-37-40(61-43-23-33(22-34)11-12-38(43)56)10-3-15-48(37)16-20-53-47(54-48)52-18-5-6-31-13-19-51-45(49)24-31/h31-46,50-51,56-58H,3-8,10-29,49H2,1H3,(H2,52,53,54)/p+2. The van der Waals surface area contributed by atoms with Gasteiger partial charge in [-0.15, -0.1) is 5.92 Å². The van der Waals surface area contributed by atoms with Gasteiger partial charge in [0.15, 0.2) is 0 Å². The number of nitrogens with two attached hydrogens (primary N) is 2. The first-order valence-corrected chi connectivity index (χ1v) is 25.2. The lowest BCUT2D eigenvalue weighted by Gasteiger charge is -2.47. The van der Waals surface area contributed by atoms with Gasteiger partial charge in [-0.25, -0.2) is 0 Å². The predicted octanol–water partition coefficient (Wildman–Crippen LogP) is 0.297. The number of hydrogen-bond donors (Lipinski definition) is 9. The molecule has 14 nitrogen and oxygen atoms in total. The van der Waals surface area contributed by atoms with E-state index in [4.69, 9.17) is 24.7 Å². The van der Waals surface area contributed by atoms with Crippen molar-refractivity contribution in [1.82, 2.24) is 16.0 Å². The van der Waals surface area contributed by atoms with Crippen molar-refractivity contribution in [1.29, 1.82) is 0 Å². The fraction of sp³-hybridized carbons (Fsp3) is 0.917. The summed E-state index contributed by atoms with van der Waals surface area (Å²) in [6.45, 7) is 6.99. The van der Waals surface area contributed by atoms with E-state index in [2.05, 4.69) is 38.1 Å². The second-order valence-corrected chi connectivity index (χ2v) is 20.9. The Hall–Kier alpha value is -2.06. The number of ether oxygens (including phenoxy) is 4. The molecule has 0 radical (unpaired) electrons. The van der Waals surface area contributed by atoms with Crippen molar-refractivity contribution in [2.24, 2.45) is 41.2 Å². The van der Waals surface area contributed by atoms with Crippen LogP contribution in [0.2, 0.25) is 0 Å². The van der Waals surface area contributed by atoms with Crippen LogP contribution in [0.1, 0.15) is 135 Å². The molecule has 6 fully saturated rings. The molecule has 3 saturated carbocycles. The number of aliphatic hydroxyl groups excluding tert-OH is 3. The first kappa shape index (κ1) is 46.5. The number of hydrogen-bond acceptors (Lipinski definition) is 12. The number of quaternary nitrogens is 1. The molecule has 0 aromatic heterocycles. The molecule has 62 heavy (non-hydrogen) atoms. The molecule has 8 rings (SSSR count). The zero-order valence-electron chi connectivity index (χ0n) is 37.7. The van der Waals surface area contributed by atoms with E-state index in [1.54, 1.807) is 0 Å². The first-order valence-electron chi connectivity index (χ1n) is 25.2. The molecule has 5 aliphatic heterocycles. The zero-order chi connectivity index (χ0) is 43.1. The maximum Gasteiger partial charge on any atom is 0.343 e. The van der Waals surface area contributed by atoms with Gasteiger partial charge in [0.05, 0.1) is 68.3 Å². The molecule has 3 saturated heterocycles. The van der Waals surface area contributed by atoms with Crippen molar-refractivity contribution in [3.05, 3.63) is 0 Å². The quantitative estimate of drug-likeness (QED) is 0.0782. The molecule has 0 aromatic carbocycles. The van der Waals surface area contributed by atoms with Crippen LogP contribution in [0.5, 0.6) is 0 Å². The summed E-state index contributed by atoms with van der Waals surface area (Å²) in [6.07, 6.45) is 14.4. The number of aliphatic hydroxyl groups is 3. The highest BCUT2D eigenvalue weighted by Gasteiger charge is 2.52. The summed E-state index contributed by atoms with van der Waals surface area (Å²) in [4.78, 5) is 16.1. The third-order valence-electron chi connectivity index (χ3n) is 16.4. The van der Waals surface area contributed by atoms with E-state index in [1.165, 1.54) is 32.6 Å². The Kier molecular flexibility index (Phi) is 16.5. The minimum Gasteiger partial charge on any atom is -0.462 e. The van der Waals surface area contributed by atoms with Crippen molar-refractivity contribution in [2.45, 2.75) is 202 Å². The van der Waals surface area contributed by atoms with E-state index in [0.29, 0.717) is 62.9 Å². The maximum atomic E-state index is 12.5. The van der Waals surface area contributed by atoms with Gasteiger partial charge in [-0.1, -0.05) is 5.92 Å². The van der Waals surface area contributed by atoms with E-state index in [1.807, 2.05) is 0 Å². The Labute approximate surface area is 370 Å². The fourth-order valence-corrected chi connectivity index (χ4v) is 13.0. The van der Waals surface area contributed by atoms with Gasteiger partial charge in [-0.05, 0) is 139 Å². The van der Waals surface area contributed by atoms with Gasteiger partial charge in [0.1, 0.15) is 23.9 Å². The van der Waals surface area contributed by atoms with Crippen LogP contribution >= 0.6 is 0 Å². The van der Waals surface area contributed by atoms with Gasteiger partial charge in [0.2, 0.25) is 0 Å². The first-order chi connectivity index (χ1) is 30.1. The third kappa shape index (κ3) is 12.0. The number of nitrogens with one attached hydrogen (secondary N) is 4. The highest BCUT2D eigenvalue weighted by atomic mass is 16.6. The summed E-state index contributed by atoms with van der Waals surface area (Å²) in [7, 11) is 0. The van der Waals surface area contributed by atoms with Crippen LogP contribution in [0.4, 0.5) is 0 Å². The molecule has 2 bridgehead atoms. The van der Waals surface area contributed by atoms with Crippen molar-refractivity contribution < 1.29 is 49.4 Å². The molecule has 5 heterocycles. The molecule has 0 aromatic rings. The average molecular weight is 871 g/mol. The lowest BCUT2D eigenvalue weighted by atomic mass is 9.68. The Bertz CT molecular complexity index is 1540. The summed E-state index contributed by atoms with van der Waals surface area (Å²) in [6, 6.07) is 0. The SMILES string of the molecule is CC(=O)OC1CC(C2CC#CC3C(CCCC34CC[NH+]=C(NCCCC3CC[NH2+]C(N)C3)N4)OC3CC(CCC3O)C2)OC(C2CC(O)C(O)C(OCCC3CCCNC3)C2)C1. The number of piperidine rings is 2. The molecule has 11 N–H and O–H groups in total. The normalized spacial score (nSPS) is 44.0. The van der Waals surface area contributed by atoms with E-state index in [0.717, 1.165) is 103 Å². The summed E-state index contributed by atoms with van der Waals surface area (Å²) in [5.74, 6) is 9.89. The molecular formula is C48H82N6O8+2. The lowest BCUT2D eigenvalue weighted by molar-refractivity contribution is -0.699. The molecule has 1 spiro atoms. The van der Waals surface area contributed by atoms with Crippen molar-refractivity contribution in [3.63, 3.8) is 0 Å². The van der Waals surface area contributed by atoms with Crippen LogP contribution in [0.25, 0.3) is 0 Å². The Morgan fingerprint density at radius 2 is 1.77 bits per heavy atom. The van der Waals surface area contributed by atoms with Crippen LogP contribution in [0.15, 0.2) is 0 Å². The van der Waals surface area contributed by atoms with Gasteiger partial charge in [-0.2, -0.15) is 0 Å². The van der Waals surface area contributed by atoms with Crippen LogP contribution in [-0.4, -0.2) is 133 Å². The minimum absolute atomic E-state index is 0.0447. The monoisotopic (exact) mass is 871 g/mol. The largest absolute Gasteiger partial charge is 0.462 e. The molecule has 17 atom stereocenters. The molecule has 3 aliphatic carbocycles. The van der Waals surface area contributed by atoms with Crippen LogP contribution in [0.3, 0.4) is 0 Å². The Morgan fingerprint density at radius 1 is 0.919 bits per heavy atom. The molecule has 14 heteroatoms. The number of carbonyl (C=O) groups excluding carboxylic acids is 1. The van der Waals surface area contributed by atoms with Crippen molar-refractivity contribution in [3.8, 4) is 11.8 Å². The van der Waals surface area contributed by atoms with Gasteiger partial charge in [0, 0.05) is 45.6 Å². The Morgan fingerprint density at radius 3 is 2.60 bits per heavy atom. The molecule has 0 amide bonds. The molecular weight excluding hydrogens is 789 g/mol. The summed E-state index contributed by atoms with van der Waals surface area (Å²) in [5.41, 5.74) is 5.98. The highest BCUT2D eigenvalue weighted by Crippen LogP contribution is 2.44. The molecule has 350 valence electrons. The van der Waals surface area contributed by atoms with E-state index in [-0.39, 0.29) is 65.9 Å². The maximum absolute atomic E-state index is 12.5. The van der Waals surface area contributed by atoms with E-state index in [9.17, 15) is 20.1 Å².